The number of rotatable bonds is 5. The van der Waals surface area contributed by atoms with Gasteiger partial charge in [0.05, 0.1) is 12.0 Å². The molecule has 2 saturated carbocycles. The molecule has 226 valence electrons. The summed E-state index contributed by atoms with van der Waals surface area (Å²) in [6, 6.07) is 12.8. The Kier molecular flexibility index (Phi) is 7.23. The van der Waals surface area contributed by atoms with Gasteiger partial charge in [-0.05, 0) is 126 Å². The zero-order chi connectivity index (χ0) is 29.9. The molecule has 6 heteroatoms. The number of carbonyl (C=O) groups is 2. The van der Waals surface area contributed by atoms with Crippen LogP contribution in [0.15, 0.2) is 36.4 Å². The maximum Gasteiger partial charge on any atom is 0.238 e. The highest BCUT2D eigenvalue weighted by Gasteiger charge is 2.56. The smallest absolute Gasteiger partial charge is 0.238 e. The van der Waals surface area contributed by atoms with Crippen LogP contribution >= 0.6 is 0 Å². The molecule has 42 heavy (non-hydrogen) atoms. The minimum atomic E-state index is -0.390. The molecule has 4 aliphatic carbocycles. The second-order valence-electron chi connectivity index (χ2n) is 15.0. The number of hydrogen-bond acceptors (Lipinski definition) is 4. The van der Waals surface area contributed by atoms with E-state index in [1.54, 1.807) is 0 Å². The van der Waals surface area contributed by atoms with Crippen LogP contribution in [-0.2, 0) is 33.3 Å². The molecule has 0 aromatic heterocycles. The molecule has 2 fully saturated rings. The molecule has 4 unspecified atom stereocenters. The predicted octanol–water partition coefficient (Wildman–Crippen LogP) is 6.00. The molecule has 2 aromatic rings. The van der Waals surface area contributed by atoms with E-state index in [1.807, 2.05) is 12.1 Å². The predicted molar refractivity (Wildman–Crippen MR) is 170 cm³/mol. The Hall–Kier alpha value is -2.86. The molecule has 0 radical (unpaired) electrons. The van der Waals surface area contributed by atoms with E-state index in [0.717, 1.165) is 75.6 Å². The van der Waals surface area contributed by atoms with Crippen molar-refractivity contribution >= 4 is 23.2 Å². The van der Waals surface area contributed by atoms with Crippen LogP contribution in [-0.4, -0.2) is 24.9 Å². The van der Waals surface area contributed by atoms with E-state index in [9.17, 15) is 9.59 Å². The minimum absolute atomic E-state index is 0.00901. The molecule has 6 nitrogen and oxygen atoms in total. The molecule has 0 spiro atoms. The second kappa shape index (κ2) is 10.4. The summed E-state index contributed by atoms with van der Waals surface area (Å²) in [7, 11) is 0. The van der Waals surface area contributed by atoms with Gasteiger partial charge in [0.15, 0.2) is 0 Å². The van der Waals surface area contributed by atoms with Crippen LogP contribution in [0, 0.1) is 22.7 Å². The van der Waals surface area contributed by atoms with Gasteiger partial charge in [0.25, 0.3) is 0 Å². The van der Waals surface area contributed by atoms with Crippen molar-refractivity contribution in [2.45, 2.75) is 103 Å². The van der Waals surface area contributed by atoms with E-state index in [2.05, 4.69) is 62.6 Å². The minimum Gasteiger partial charge on any atom is -0.399 e. The van der Waals surface area contributed by atoms with Gasteiger partial charge in [0.1, 0.15) is 0 Å². The summed E-state index contributed by atoms with van der Waals surface area (Å²) in [6.07, 6.45) is 10.7. The molecule has 6 atom stereocenters. The van der Waals surface area contributed by atoms with E-state index in [0.29, 0.717) is 18.4 Å². The molecule has 2 aromatic carbocycles. The van der Waals surface area contributed by atoms with Crippen molar-refractivity contribution in [3.05, 3.63) is 58.7 Å². The Morgan fingerprint density at radius 3 is 2.17 bits per heavy atom. The van der Waals surface area contributed by atoms with Gasteiger partial charge in [-0.2, -0.15) is 0 Å². The Morgan fingerprint density at radius 2 is 1.45 bits per heavy atom. The van der Waals surface area contributed by atoms with Gasteiger partial charge in [0, 0.05) is 17.9 Å². The van der Waals surface area contributed by atoms with Gasteiger partial charge in [-0.15, -0.1) is 0 Å². The number of anilines is 2. The van der Waals surface area contributed by atoms with Crippen molar-refractivity contribution in [3.8, 4) is 0 Å². The van der Waals surface area contributed by atoms with E-state index in [4.69, 9.17) is 11.5 Å². The monoisotopic (exact) mass is 570 g/mol. The summed E-state index contributed by atoms with van der Waals surface area (Å²) in [6.45, 7) is 10.2. The first-order valence-corrected chi connectivity index (χ1v) is 16.2. The summed E-state index contributed by atoms with van der Waals surface area (Å²) in [5.41, 5.74) is 18.6. The summed E-state index contributed by atoms with van der Waals surface area (Å²) in [4.78, 5) is 26.3. The van der Waals surface area contributed by atoms with Gasteiger partial charge in [-0.1, -0.05) is 52.7 Å². The molecule has 4 aliphatic rings. The van der Waals surface area contributed by atoms with Crippen molar-refractivity contribution in [2.24, 2.45) is 28.4 Å². The number of fused-ring (bicyclic) bond motifs is 6. The van der Waals surface area contributed by atoms with Crippen LogP contribution in [0.3, 0.4) is 0 Å². The van der Waals surface area contributed by atoms with Crippen LogP contribution in [0.5, 0.6) is 0 Å². The largest absolute Gasteiger partial charge is 0.399 e. The fraction of sp³-hybridized carbons (Fsp3) is 0.611. The van der Waals surface area contributed by atoms with Crippen molar-refractivity contribution in [3.63, 3.8) is 0 Å². The fourth-order valence-corrected chi connectivity index (χ4v) is 10.3. The van der Waals surface area contributed by atoms with Crippen molar-refractivity contribution in [2.75, 3.05) is 24.1 Å². The molecule has 0 heterocycles. The number of nitrogens with one attached hydrogen (secondary N) is 2. The van der Waals surface area contributed by atoms with Crippen LogP contribution in [0.4, 0.5) is 11.4 Å². The third-order valence-corrected chi connectivity index (χ3v) is 12.5. The summed E-state index contributed by atoms with van der Waals surface area (Å²) in [5.74, 6) is 0.838. The molecule has 0 saturated heterocycles. The van der Waals surface area contributed by atoms with Crippen LogP contribution in [0.2, 0.25) is 0 Å². The lowest BCUT2D eigenvalue weighted by atomic mass is 9.49. The first-order chi connectivity index (χ1) is 19.9. The quantitative estimate of drug-likeness (QED) is 0.330. The van der Waals surface area contributed by atoms with Crippen LogP contribution < -0.4 is 22.1 Å². The van der Waals surface area contributed by atoms with E-state index in [-0.39, 0.29) is 40.0 Å². The summed E-state index contributed by atoms with van der Waals surface area (Å²) < 4.78 is 0. The zero-order valence-corrected chi connectivity index (χ0v) is 26.1. The second-order valence-corrected chi connectivity index (χ2v) is 15.0. The topological polar surface area (TPSA) is 110 Å². The number of aryl methyl sites for hydroxylation is 2. The lowest BCUT2D eigenvalue weighted by Gasteiger charge is -2.56. The number of nitrogens with two attached hydrogens (primary N) is 2. The van der Waals surface area contributed by atoms with Gasteiger partial charge >= 0.3 is 0 Å². The standard InChI is InChI=1S/C36H50N4O2/c1-33(15-5-16-34(2)28-20-26(40-31(41)21-37)12-8-24(28)9-13-29(33)34)22-39-32(42)36(4)18-6-17-35(3)27-19-25(38)11-7-23(27)10-14-30(35)36/h7-8,11-12,19-20,29-30H,5-6,9-10,13-18,21-22,37-38H2,1-4H3,(H,39,42)(H,40,41)/t29?,30?,33-,34?,35?,36+/m1/s1. The fourth-order valence-electron chi connectivity index (χ4n) is 10.3. The first kappa shape index (κ1) is 29.2. The Bertz CT molecular complexity index is 1400. The van der Waals surface area contributed by atoms with E-state index >= 15 is 0 Å². The van der Waals surface area contributed by atoms with Crippen LogP contribution in [0.25, 0.3) is 0 Å². The number of benzene rings is 2. The number of carbonyl (C=O) groups excluding carboxylic acids is 2. The van der Waals surface area contributed by atoms with Gasteiger partial charge in [0.2, 0.25) is 11.8 Å². The highest BCUT2D eigenvalue weighted by atomic mass is 16.2. The average Bonchev–Trinajstić information content (AvgIpc) is 2.96. The molecular formula is C36H50N4O2. The first-order valence-electron chi connectivity index (χ1n) is 16.2. The van der Waals surface area contributed by atoms with Crippen molar-refractivity contribution in [1.82, 2.24) is 5.32 Å². The number of amides is 2. The molecule has 0 bridgehead atoms. The number of hydrogen-bond donors (Lipinski definition) is 4. The maximum absolute atomic E-state index is 14.3. The SMILES string of the molecule is CC12CCC[C@](C)(CNC(=O)[C@@]3(C)CCCC4(C)c5cc(N)ccc5CCC43)C1CCc1ccc(NC(=O)CN)cc12. The van der Waals surface area contributed by atoms with Crippen LogP contribution in [0.1, 0.15) is 101 Å². The van der Waals surface area contributed by atoms with E-state index in [1.165, 1.54) is 22.3 Å². The molecular weight excluding hydrogens is 520 g/mol. The molecule has 6 N–H and O–H groups in total. The molecule has 6 rings (SSSR count). The van der Waals surface area contributed by atoms with Crippen molar-refractivity contribution in [1.29, 1.82) is 0 Å². The lowest BCUT2D eigenvalue weighted by molar-refractivity contribution is -0.140. The summed E-state index contributed by atoms with van der Waals surface area (Å²) in [5, 5.41) is 6.54. The molecule has 0 aliphatic heterocycles. The van der Waals surface area contributed by atoms with E-state index < -0.39 is 0 Å². The Morgan fingerprint density at radius 1 is 0.833 bits per heavy atom. The normalized spacial score (nSPS) is 35.2. The Labute approximate surface area is 251 Å². The highest BCUT2D eigenvalue weighted by Crippen LogP contribution is 2.59. The summed E-state index contributed by atoms with van der Waals surface area (Å²) >= 11 is 0. The zero-order valence-electron chi connectivity index (χ0n) is 26.1. The maximum atomic E-state index is 14.3. The van der Waals surface area contributed by atoms with Crippen molar-refractivity contribution < 1.29 is 9.59 Å². The third-order valence-electron chi connectivity index (χ3n) is 12.5. The Balaban J connectivity index is 1.23. The average molecular weight is 571 g/mol. The highest BCUT2D eigenvalue weighted by molar-refractivity contribution is 5.92. The molecule has 2 amide bonds. The van der Waals surface area contributed by atoms with Gasteiger partial charge in [-0.3, -0.25) is 9.59 Å². The third kappa shape index (κ3) is 4.56. The lowest BCUT2D eigenvalue weighted by Crippen LogP contribution is -2.58. The number of nitrogen functional groups attached to an aromatic ring is 1. The van der Waals surface area contributed by atoms with Gasteiger partial charge in [-0.25, -0.2) is 0 Å². The van der Waals surface area contributed by atoms with Gasteiger partial charge < -0.3 is 22.1 Å².